The van der Waals surface area contributed by atoms with Crippen molar-refractivity contribution in [1.29, 1.82) is 0 Å². The van der Waals surface area contributed by atoms with Crippen LogP contribution in [0.25, 0.3) is 0 Å². The maximum Gasteiger partial charge on any atom is 0.320 e. The van der Waals surface area contributed by atoms with Crippen molar-refractivity contribution in [1.82, 2.24) is 15.4 Å². The summed E-state index contributed by atoms with van der Waals surface area (Å²) in [5, 5.41) is 18.5. The fourth-order valence-electron chi connectivity index (χ4n) is 0.438. The van der Waals surface area contributed by atoms with E-state index in [0.29, 0.717) is 6.42 Å². The third kappa shape index (κ3) is 7.01. The van der Waals surface area contributed by atoms with Gasteiger partial charge in [-0.2, -0.15) is 0 Å². The molecule has 0 fully saturated rings. The Kier molecular flexibility index (Phi) is 6.85. The zero-order chi connectivity index (χ0) is 11.8. The van der Waals surface area contributed by atoms with E-state index in [4.69, 9.17) is 34.0 Å². The van der Waals surface area contributed by atoms with E-state index in [1.165, 1.54) is 6.07 Å². The first-order valence-electron chi connectivity index (χ1n) is 3.97. The molecule has 1 atom stereocenters. The highest BCUT2D eigenvalue weighted by Crippen LogP contribution is 2.06. The molecule has 0 bridgehead atoms. The zero-order valence-electron chi connectivity index (χ0n) is 7.89. The van der Waals surface area contributed by atoms with Crippen LogP contribution in [0, 0.1) is 0 Å². The molecule has 15 heavy (non-hydrogen) atoms. The molecule has 0 saturated heterocycles. The van der Waals surface area contributed by atoms with Crippen molar-refractivity contribution in [2.75, 3.05) is 0 Å². The van der Waals surface area contributed by atoms with Crippen molar-refractivity contribution in [2.24, 2.45) is 5.73 Å². The number of aromatic nitrogens is 3. The van der Waals surface area contributed by atoms with Crippen LogP contribution < -0.4 is 5.73 Å². The van der Waals surface area contributed by atoms with Crippen LogP contribution in [0.5, 0.6) is 0 Å². The van der Waals surface area contributed by atoms with Crippen molar-refractivity contribution in [3.8, 4) is 0 Å². The molecule has 0 spiro atoms. The highest BCUT2D eigenvalue weighted by atomic mass is 35.5. The van der Waals surface area contributed by atoms with Crippen LogP contribution >= 0.6 is 23.2 Å². The van der Waals surface area contributed by atoms with E-state index in [2.05, 4.69) is 15.4 Å². The van der Waals surface area contributed by atoms with Crippen LogP contribution in [0.3, 0.4) is 0 Å². The molecule has 1 aromatic rings. The number of aliphatic carboxylic acids is 1. The molecule has 1 heterocycles. The van der Waals surface area contributed by atoms with Gasteiger partial charge in [0.1, 0.15) is 6.04 Å². The Morgan fingerprint density at radius 2 is 2.00 bits per heavy atom. The largest absolute Gasteiger partial charge is 0.480 e. The Morgan fingerprint density at radius 3 is 2.13 bits per heavy atom. The standard InChI is InChI=1S/C4H9NO2.C3HCl2N3/c1-2-3(5)4(6)7;4-2-1-3(5)7-8-6-2/h3H,2,5H2,1H3,(H,6,7);1H. The van der Waals surface area contributed by atoms with Crippen molar-refractivity contribution in [3.63, 3.8) is 0 Å². The van der Waals surface area contributed by atoms with Crippen LogP contribution in [-0.4, -0.2) is 32.5 Å². The molecule has 8 heteroatoms. The number of hydrogen-bond donors (Lipinski definition) is 2. The number of hydrogen-bond acceptors (Lipinski definition) is 5. The predicted molar refractivity (Wildman–Crippen MR) is 55.7 cm³/mol. The highest BCUT2D eigenvalue weighted by Gasteiger charge is 2.05. The van der Waals surface area contributed by atoms with Gasteiger partial charge < -0.3 is 10.8 Å². The van der Waals surface area contributed by atoms with E-state index < -0.39 is 12.0 Å². The van der Waals surface area contributed by atoms with Gasteiger partial charge in [-0.25, -0.2) is 0 Å². The average Bonchev–Trinajstić information content (AvgIpc) is 2.17. The lowest BCUT2D eigenvalue weighted by molar-refractivity contribution is -0.138. The average molecular weight is 253 g/mol. The molecule has 84 valence electrons. The Bertz CT molecular complexity index is 306. The number of rotatable bonds is 2. The van der Waals surface area contributed by atoms with Gasteiger partial charge in [0.2, 0.25) is 0 Å². The van der Waals surface area contributed by atoms with E-state index in [0.717, 1.165) is 0 Å². The molecular weight excluding hydrogens is 243 g/mol. The molecular formula is C7H10Cl2N4O2. The number of carboxylic acid groups (broad SMARTS) is 1. The Morgan fingerprint density at radius 1 is 1.53 bits per heavy atom. The topological polar surface area (TPSA) is 102 Å². The van der Waals surface area contributed by atoms with E-state index in [-0.39, 0.29) is 10.3 Å². The summed E-state index contributed by atoms with van der Waals surface area (Å²) in [6, 6.07) is 0.732. The number of nitrogens with two attached hydrogens (primary N) is 1. The second kappa shape index (κ2) is 7.33. The minimum absolute atomic E-state index is 0.255. The third-order valence-electron chi connectivity index (χ3n) is 1.28. The Balaban J connectivity index is 0.000000265. The van der Waals surface area contributed by atoms with Gasteiger partial charge in [-0.1, -0.05) is 30.1 Å². The predicted octanol–water partition coefficient (Wildman–Crippen LogP) is 0.987. The summed E-state index contributed by atoms with van der Waals surface area (Å²) in [6.45, 7) is 1.73. The Labute approximate surface area is 96.4 Å². The molecule has 3 N–H and O–H groups in total. The van der Waals surface area contributed by atoms with Gasteiger partial charge in [-0.05, 0) is 11.6 Å². The molecule has 0 aliphatic rings. The second-order valence-corrected chi connectivity index (χ2v) is 3.21. The van der Waals surface area contributed by atoms with Gasteiger partial charge in [0, 0.05) is 6.07 Å². The van der Waals surface area contributed by atoms with Crippen molar-refractivity contribution >= 4 is 29.2 Å². The van der Waals surface area contributed by atoms with Crippen LogP contribution in [0.4, 0.5) is 0 Å². The van der Waals surface area contributed by atoms with Crippen molar-refractivity contribution < 1.29 is 9.90 Å². The first kappa shape index (κ1) is 14.0. The van der Waals surface area contributed by atoms with Crippen LogP contribution in [0.15, 0.2) is 6.07 Å². The molecule has 1 unspecified atom stereocenters. The monoisotopic (exact) mass is 252 g/mol. The van der Waals surface area contributed by atoms with Gasteiger partial charge in [0.05, 0.1) is 0 Å². The Hall–Kier alpha value is -0.980. The lowest BCUT2D eigenvalue weighted by atomic mass is 10.2. The summed E-state index contributed by atoms with van der Waals surface area (Å²) in [5.41, 5.74) is 5.02. The summed E-state index contributed by atoms with van der Waals surface area (Å²) < 4.78 is 0. The summed E-state index contributed by atoms with van der Waals surface area (Å²) in [5.74, 6) is -0.928. The third-order valence-corrected chi connectivity index (χ3v) is 1.65. The summed E-state index contributed by atoms with van der Waals surface area (Å²) >= 11 is 10.7. The molecule has 0 aliphatic carbocycles. The molecule has 0 aliphatic heterocycles. The van der Waals surface area contributed by atoms with E-state index in [9.17, 15) is 4.79 Å². The summed E-state index contributed by atoms with van der Waals surface area (Å²) in [7, 11) is 0. The van der Waals surface area contributed by atoms with Gasteiger partial charge in [0.25, 0.3) is 0 Å². The second-order valence-electron chi connectivity index (χ2n) is 2.43. The van der Waals surface area contributed by atoms with Gasteiger partial charge in [-0.3, -0.25) is 4.79 Å². The molecule has 0 aromatic carbocycles. The van der Waals surface area contributed by atoms with Crippen LogP contribution in [-0.2, 0) is 4.79 Å². The lowest BCUT2D eigenvalue weighted by Gasteiger charge is -1.97. The first-order valence-corrected chi connectivity index (χ1v) is 4.72. The van der Waals surface area contributed by atoms with Crippen LogP contribution in [0.2, 0.25) is 10.3 Å². The van der Waals surface area contributed by atoms with Crippen molar-refractivity contribution in [3.05, 3.63) is 16.4 Å². The molecule has 1 aromatic heterocycles. The number of nitrogens with zero attached hydrogens (tertiary/aromatic N) is 3. The molecule has 6 nitrogen and oxygen atoms in total. The SMILES string of the molecule is CCC(N)C(=O)O.Clc1cc(Cl)nnn1. The summed E-state index contributed by atoms with van der Waals surface area (Å²) in [4.78, 5) is 9.81. The molecule has 1 rings (SSSR count). The molecule has 0 radical (unpaired) electrons. The summed E-state index contributed by atoms with van der Waals surface area (Å²) in [6.07, 6.45) is 0.495. The highest BCUT2D eigenvalue weighted by molar-refractivity contribution is 6.32. The zero-order valence-corrected chi connectivity index (χ0v) is 9.40. The number of carboxylic acids is 1. The fraction of sp³-hybridized carbons (Fsp3) is 0.429. The van der Waals surface area contributed by atoms with Crippen molar-refractivity contribution in [2.45, 2.75) is 19.4 Å². The molecule has 0 amide bonds. The normalized spacial score (nSPS) is 11.2. The number of halogens is 2. The lowest BCUT2D eigenvalue weighted by Crippen LogP contribution is -2.28. The minimum Gasteiger partial charge on any atom is -0.480 e. The van der Waals surface area contributed by atoms with E-state index in [1.54, 1.807) is 6.92 Å². The van der Waals surface area contributed by atoms with E-state index in [1.807, 2.05) is 0 Å². The van der Waals surface area contributed by atoms with E-state index >= 15 is 0 Å². The molecule has 0 saturated carbocycles. The van der Waals surface area contributed by atoms with Gasteiger partial charge in [-0.15, -0.1) is 10.2 Å². The van der Waals surface area contributed by atoms with Gasteiger partial charge in [0.15, 0.2) is 10.3 Å². The maximum absolute atomic E-state index is 9.81. The number of carbonyl (C=O) groups is 1. The van der Waals surface area contributed by atoms with Gasteiger partial charge >= 0.3 is 5.97 Å². The maximum atomic E-state index is 9.81. The first-order chi connectivity index (χ1) is 6.97. The fourth-order valence-corrected chi connectivity index (χ4v) is 0.769. The smallest absolute Gasteiger partial charge is 0.320 e. The quantitative estimate of drug-likeness (QED) is 0.814. The minimum atomic E-state index is -0.928. The van der Waals surface area contributed by atoms with Crippen LogP contribution in [0.1, 0.15) is 13.3 Å².